The second-order valence-electron chi connectivity index (χ2n) is 6.17. The SMILES string of the molecule is COc1ccc(OCc2ccccc2)c(F)c1C1(N=C=O)CCCC1. The van der Waals surface area contributed by atoms with Gasteiger partial charge in [0.05, 0.1) is 12.7 Å². The quantitative estimate of drug-likeness (QED) is 0.573. The molecule has 0 atom stereocenters. The standard InChI is InChI=1S/C20H20FNO3/c1-24-16-9-10-17(25-13-15-7-3-2-4-8-15)19(21)18(16)20(22-14-23)11-5-6-12-20/h2-4,7-10H,5-6,11-13H2,1H3. The largest absolute Gasteiger partial charge is 0.496 e. The second-order valence-corrected chi connectivity index (χ2v) is 6.17. The number of hydrogen-bond donors (Lipinski definition) is 0. The van der Waals surface area contributed by atoms with Crippen LogP contribution in [-0.4, -0.2) is 13.2 Å². The van der Waals surface area contributed by atoms with E-state index in [4.69, 9.17) is 9.47 Å². The van der Waals surface area contributed by atoms with Crippen LogP contribution in [0.15, 0.2) is 47.5 Å². The first kappa shape index (κ1) is 17.2. The summed E-state index contributed by atoms with van der Waals surface area (Å²) in [5, 5.41) is 0. The average molecular weight is 341 g/mol. The summed E-state index contributed by atoms with van der Waals surface area (Å²) in [5.74, 6) is -0.00586. The van der Waals surface area contributed by atoms with Crippen molar-refractivity contribution in [1.82, 2.24) is 0 Å². The maximum absolute atomic E-state index is 15.2. The lowest BCUT2D eigenvalue weighted by molar-refractivity contribution is 0.282. The van der Waals surface area contributed by atoms with Crippen LogP contribution in [-0.2, 0) is 16.9 Å². The highest BCUT2D eigenvalue weighted by Gasteiger charge is 2.41. The molecule has 25 heavy (non-hydrogen) atoms. The highest BCUT2D eigenvalue weighted by Crippen LogP contribution is 2.48. The van der Waals surface area contributed by atoms with Crippen LogP contribution in [0.3, 0.4) is 0 Å². The summed E-state index contributed by atoms with van der Waals surface area (Å²) >= 11 is 0. The molecule has 1 fully saturated rings. The molecule has 0 aromatic heterocycles. The van der Waals surface area contributed by atoms with Crippen LogP contribution in [0.1, 0.15) is 36.8 Å². The van der Waals surface area contributed by atoms with E-state index in [0.717, 1.165) is 18.4 Å². The van der Waals surface area contributed by atoms with Gasteiger partial charge >= 0.3 is 0 Å². The van der Waals surface area contributed by atoms with Crippen LogP contribution in [0.25, 0.3) is 0 Å². The van der Waals surface area contributed by atoms with Gasteiger partial charge in [-0.1, -0.05) is 43.2 Å². The van der Waals surface area contributed by atoms with Crippen LogP contribution in [0.2, 0.25) is 0 Å². The van der Waals surface area contributed by atoms with Crippen LogP contribution in [0, 0.1) is 5.82 Å². The number of halogens is 1. The van der Waals surface area contributed by atoms with Crippen molar-refractivity contribution in [1.29, 1.82) is 0 Å². The van der Waals surface area contributed by atoms with Crippen molar-refractivity contribution in [3.8, 4) is 11.5 Å². The molecule has 0 amide bonds. The van der Waals surface area contributed by atoms with Gasteiger partial charge in [-0.15, -0.1) is 0 Å². The number of nitrogens with zero attached hydrogens (tertiary/aromatic N) is 1. The lowest BCUT2D eigenvalue weighted by atomic mass is 9.87. The van der Waals surface area contributed by atoms with Crippen molar-refractivity contribution < 1.29 is 18.7 Å². The number of carbonyl (C=O) groups excluding carboxylic acids is 1. The summed E-state index contributed by atoms with van der Waals surface area (Å²) in [6, 6.07) is 12.8. The van der Waals surface area contributed by atoms with Gasteiger partial charge in [0, 0.05) is 0 Å². The third-order valence-corrected chi connectivity index (χ3v) is 4.68. The van der Waals surface area contributed by atoms with Crippen molar-refractivity contribution in [2.24, 2.45) is 4.99 Å². The van der Waals surface area contributed by atoms with Gasteiger partial charge in [0.15, 0.2) is 11.6 Å². The van der Waals surface area contributed by atoms with Gasteiger partial charge < -0.3 is 9.47 Å². The minimum Gasteiger partial charge on any atom is -0.496 e. The summed E-state index contributed by atoms with van der Waals surface area (Å²) < 4.78 is 26.3. The number of methoxy groups -OCH3 is 1. The molecular formula is C20H20FNO3. The van der Waals surface area contributed by atoms with Crippen molar-refractivity contribution in [3.05, 3.63) is 59.4 Å². The molecule has 3 rings (SSSR count). The molecule has 2 aromatic rings. The Morgan fingerprint density at radius 2 is 1.80 bits per heavy atom. The van der Waals surface area contributed by atoms with E-state index >= 15 is 4.39 Å². The van der Waals surface area contributed by atoms with Gasteiger partial charge in [0.25, 0.3) is 0 Å². The third kappa shape index (κ3) is 3.42. The van der Waals surface area contributed by atoms with E-state index in [1.165, 1.54) is 7.11 Å². The third-order valence-electron chi connectivity index (χ3n) is 4.68. The van der Waals surface area contributed by atoms with E-state index in [-0.39, 0.29) is 12.4 Å². The normalized spacial score (nSPS) is 15.4. The molecule has 2 aromatic carbocycles. The highest BCUT2D eigenvalue weighted by atomic mass is 19.1. The smallest absolute Gasteiger partial charge is 0.235 e. The summed E-state index contributed by atoms with van der Waals surface area (Å²) in [7, 11) is 1.48. The monoisotopic (exact) mass is 341 g/mol. The Labute approximate surface area is 146 Å². The van der Waals surface area contributed by atoms with Gasteiger partial charge in [-0.2, -0.15) is 4.99 Å². The summed E-state index contributed by atoms with van der Waals surface area (Å²) in [4.78, 5) is 14.9. The maximum atomic E-state index is 15.2. The first-order valence-electron chi connectivity index (χ1n) is 8.33. The molecule has 0 unspecified atom stereocenters. The number of hydrogen-bond acceptors (Lipinski definition) is 4. The minimum absolute atomic E-state index is 0.132. The van der Waals surface area contributed by atoms with Gasteiger partial charge in [0.2, 0.25) is 6.08 Å². The summed E-state index contributed by atoms with van der Waals surface area (Å²) in [5.41, 5.74) is 0.325. The van der Waals surface area contributed by atoms with E-state index < -0.39 is 11.4 Å². The molecule has 0 radical (unpaired) electrons. The zero-order valence-electron chi connectivity index (χ0n) is 14.1. The Bertz CT molecular complexity index is 779. The number of isocyanates is 1. The molecule has 5 heteroatoms. The first-order chi connectivity index (χ1) is 12.2. The Morgan fingerprint density at radius 1 is 1.12 bits per heavy atom. The van der Waals surface area contributed by atoms with Crippen LogP contribution >= 0.6 is 0 Å². The van der Waals surface area contributed by atoms with Gasteiger partial charge in [-0.3, -0.25) is 0 Å². The number of ether oxygens (including phenoxy) is 2. The van der Waals surface area contributed by atoms with E-state index in [1.807, 2.05) is 30.3 Å². The van der Waals surface area contributed by atoms with E-state index in [1.54, 1.807) is 18.2 Å². The van der Waals surface area contributed by atoms with E-state index in [0.29, 0.717) is 24.2 Å². The van der Waals surface area contributed by atoms with Crippen LogP contribution < -0.4 is 9.47 Å². The first-order valence-corrected chi connectivity index (χ1v) is 8.33. The van der Waals surface area contributed by atoms with Crippen molar-refractivity contribution in [2.45, 2.75) is 37.8 Å². The Hall–Kier alpha value is -2.65. The molecule has 4 nitrogen and oxygen atoms in total. The fourth-order valence-electron chi connectivity index (χ4n) is 3.45. The molecule has 1 aliphatic carbocycles. The van der Waals surface area contributed by atoms with E-state index in [2.05, 4.69) is 4.99 Å². The van der Waals surface area contributed by atoms with Crippen molar-refractivity contribution in [2.75, 3.05) is 7.11 Å². The van der Waals surface area contributed by atoms with E-state index in [9.17, 15) is 4.79 Å². The van der Waals surface area contributed by atoms with Gasteiger partial charge in [0.1, 0.15) is 17.9 Å². The van der Waals surface area contributed by atoms with Gasteiger partial charge in [-0.05, 0) is 30.5 Å². The Kier molecular flexibility index (Phi) is 5.15. The lowest BCUT2D eigenvalue weighted by Gasteiger charge is -2.26. The second kappa shape index (κ2) is 7.49. The van der Waals surface area contributed by atoms with Gasteiger partial charge in [-0.25, -0.2) is 9.18 Å². The molecule has 0 N–H and O–H groups in total. The molecule has 1 saturated carbocycles. The Morgan fingerprint density at radius 3 is 2.44 bits per heavy atom. The Balaban J connectivity index is 1.98. The molecular weight excluding hydrogens is 321 g/mol. The number of aliphatic imine (C=N–C) groups is 1. The molecule has 0 saturated heterocycles. The number of benzene rings is 2. The van der Waals surface area contributed by atoms with Crippen LogP contribution in [0.5, 0.6) is 11.5 Å². The lowest BCUT2D eigenvalue weighted by Crippen LogP contribution is -2.22. The number of rotatable bonds is 6. The highest BCUT2D eigenvalue weighted by molar-refractivity contribution is 5.49. The topological polar surface area (TPSA) is 47.9 Å². The molecule has 1 aliphatic rings. The average Bonchev–Trinajstić information content (AvgIpc) is 3.10. The zero-order chi connectivity index (χ0) is 17.7. The zero-order valence-corrected chi connectivity index (χ0v) is 14.1. The molecule has 0 spiro atoms. The summed E-state index contributed by atoms with van der Waals surface area (Å²) in [6.45, 7) is 0.257. The summed E-state index contributed by atoms with van der Waals surface area (Å²) in [6.07, 6.45) is 4.56. The van der Waals surface area contributed by atoms with Crippen molar-refractivity contribution in [3.63, 3.8) is 0 Å². The molecule has 130 valence electrons. The maximum Gasteiger partial charge on any atom is 0.235 e. The van der Waals surface area contributed by atoms with Crippen molar-refractivity contribution >= 4 is 6.08 Å². The fourth-order valence-corrected chi connectivity index (χ4v) is 3.45. The fraction of sp³-hybridized carbons (Fsp3) is 0.350. The minimum atomic E-state index is -0.913. The molecule has 0 bridgehead atoms. The molecule has 0 heterocycles. The predicted molar refractivity (Wildman–Crippen MR) is 92.0 cm³/mol. The predicted octanol–water partition coefficient (Wildman–Crippen LogP) is 4.52. The molecule has 0 aliphatic heterocycles. The van der Waals surface area contributed by atoms with Crippen LogP contribution in [0.4, 0.5) is 4.39 Å².